The number of carbonyl (C=O) groups is 2. The first-order chi connectivity index (χ1) is 6.60. The van der Waals surface area contributed by atoms with Crippen molar-refractivity contribution in [1.29, 1.82) is 0 Å². The Morgan fingerprint density at radius 2 is 2.14 bits per heavy atom. The quantitative estimate of drug-likeness (QED) is 0.558. The van der Waals surface area contributed by atoms with Crippen molar-refractivity contribution in [2.24, 2.45) is 0 Å². The van der Waals surface area contributed by atoms with Crippen LogP contribution in [0.5, 0.6) is 0 Å². The van der Waals surface area contributed by atoms with Crippen LogP contribution in [0.15, 0.2) is 12.1 Å². The molecule has 0 spiro atoms. The van der Waals surface area contributed by atoms with Gasteiger partial charge in [-0.2, -0.15) is 0 Å². The van der Waals surface area contributed by atoms with Gasteiger partial charge in [-0.05, 0) is 24.6 Å². The highest BCUT2D eigenvalue weighted by molar-refractivity contribution is 6.31. The number of ether oxygens (including phenoxy) is 1. The van der Waals surface area contributed by atoms with Gasteiger partial charge in [0, 0.05) is 10.6 Å². The summed E-state index contributed by atoms with van der Waals surface area (Å²) in [7, 11) is 1.25. The first-order valence-corrected chi connectivity index (χ1v) is 4.31. The van der Waals surface area contributed by atoms with Crippen LogP contribution in [0.1, 0.15) is 26.3 Å². The highest BCUT2D eigenvalue weighted by Crippen LogP contribution is 2.20. The molecule has 0 atom stereocenters. The molecule has 0 N–H and O–H groups in total. The Hall–Kier alpha value is -1.35. The molecular formula is C10H9ClO3. The zero-order valence-corrected chi connectivity index (χ0v) is 8.59. The minimum atomic E-state index is -0.561. The summed E-state index contributed by atoms with van der Waals surface area (Å²) in [6.07, 6.45) is 0.607. The third kappa shape index (κ3) is 1.93. The fraction of sp³-hybridized carbons (Fsp3) is 0.200. The van der Waals surface area contributed by atoms with Gasteiger partial charge in [-0.15, -0.1) is 0 Å². The van der Waals surface area contributed by atoms with Gasteiger partial charge in [-0.3, -0.25) is 4.79 Å². The predicted molar refractivity (Wildman–Crippen MR) is 52.9 cm³/mol. The van der Waals surface area contributed by atoms with E-state index in [1.165, 1.54) is 13.2 Å². The van der Waals surface area contributed by atoms with Crippen molar-refractivity contribution in [3.8, 4) is 0 Å². The molecule has 0 amide bonds. The summed E-state index contributed by atoms with van der Waals surface area (Å²) in [4.78, 5) is 21.9. The van der Waals surface area contributed by atoms with E-state index in [9.17, 15) is 9.59 Å². The first kappa shape index (κ1) is 10.7. The van der Waals surface area contributed by atoms with Crippen molar-refractivity contribution in [1.82, 2.24) is 0 Å². The second-order valence-electron chi connectivity index (χ2n) is 2.80. The van der Waals surface area contributed by atoms with Crippen LogP contribution in [-0.4, -0.2) is 19.4 Å². The van der Waals surface area contributed by atoms with Gasteiger partial charge in [0.25, 0.3) is 0 Å². The molecule has 0 aliphatic rings. The maximum Gasteiger partial charge on any atom is 0.338 e. The third-order valence-electron chi connectivity index (χ3n) is 1.86. The van der Waals surface area contributed by atoms with Gasteiger partial charge in [0.1, 0.15) is 0 Å². The van der Waals surface area contributed by atoms with E-state index < -0.39 is 5.97 Å². The molecule has 74 valence electrons. The van der Waals surface area contributed by atoms with Crippen molar-refractivity contribution >= 4 is 23.9 Å². The molecule has 1 aromatic carbocycles. The fourth-order valence-corrected chi connectivity index (χ4v) is 1.25. The summed E-state index contributed by atoms with van der Waals surface area (Å²) in [5, 5.41) is 0.441. The number of rotatable bonds is 2. The highest BCUT2D eigenvalue weighted by atomic mass is 35.5. The Labute approximate surface area is 86.6 Å². The van der Waals surface area contributed by atoms with Crippen molar-refractivity contribution in [2.45, 2.75) is 6.92 Å². The summed E-state index contributed by atoms with van der Waals surface area (Å²) in [6, 6.07) is 2.99. The van der Waals surface area contributed by atoms with E-state index in [-0.39, 0.29) is 5.56 Å². The predicted octanol–water partition coefficient (Wildman–Crippen LogP) is 2.25. The molecule has 0 aliphatic heterocycles. The molecule has 0 saturated heterocycles. The van der Waals surface area contributed by atoms with Gasteiger partial charge in [-0.1, -0.05) is 11.6 Å². The minimum Gasteiger partial charge on any atom is -0.465 e. The number of esters is 1. The van der Waals surface area contributed by atoms with Gasteiger partial charge in [0.05, 0.1) is 12.7 Å². The van der Waals surface area contributed by atoms with Gasteiger partial charge in [0.2, 0.25) is 0 Å². The molecule has 0 unspecified atom stereocenters. The lowest BCUT2D eigenvalue weighted by Crippen LogP contribution is -2.05. The lowest BCUT2D eigenvalue weighted by atomic mass is 10.1. The van der Waals surface area contributed by atoms with Crippen molar-refractivity contribution in [3.05, 3.63) is 33.8 Å². The van der Waals surface area contributed by atoms with E-state index in [2.05, 4.69) is 4.74 Å². The average molecular weight is 213 g/mol. The second kappa shape index (κ2) is 4.24. The number of aryl methyl sites for hydroxylation is 1. The molecule has 3 nitrogen and oxygen atoms in total. The molecule has 0 saturated carbocycles. The molecule has 1 aromatic rings. The number of hydrogen-bond acceptors (Lipinski definition) is 3. The Balaban J connectivity index is 3.34. The van der Waals surface area contributed by atoms with E-state index in [1.807, 2.05) is 0 Å². The van der Waals surface area contributed by atoms with Gasteiger partial charge in [-0.25, -0.2) is 4.79 Å². The molecule has 14 heavy (non-hydrogen) atoms. The lowest BCUT2D eigenvalue weighted by molar-refractivity contribution is 0.0598. The number of aldehydes is 1. The van der Waals surface area contributed by atoms with Crippen LogP contribution in [0.3, 0.4) is 0 Å². The number of halogens is 1. The van der Waals surface area contributed by atoms with Crippen LogP contribution in [0.25, 0.3) is 0 Å². The Kier molecular flexibility index (Phi) is 3.25. The Bertz CT molecular complexity index is 385. The standard InChI is InChI=1S/C10H9ClO3/c1-6-3-7(5-12)8(4-9(6)11)10(13)14-2/h3-5H,1-2H3. The first-order valence-electron chi connectivity index (χ1n) is 3.93. The monoisotopic (exact) mass is 212 g/mol. The normalized spacial score (nSPS) is 9.64. The minimum absolute atomic E-state index is 0.193. The molecule has 1 rings (SSSR count). The van der Waals surface area contributed by atoms with Crippen LogP contribution < -0.4 is 0 Å². The molecule has 0 heterocycles. The maximum absolute atomic E-state index is 11.2. The van der Waals surface area contributed by atoms with Crippen LogP contribution in [0.4, 0.5) is 0 Å². The number of carbonyl (C=O) groups excluding carboxylic acids is 2. The molecule has 4 heteroatoms. The van der Waals surface area contributed by atoms with Gasteiger partial charge < -0.3 is 4.74 Å². The summed E-state index contributed by atoms with van der Waals surface area (Å²) in [5.41, 5.74) is 1.23. The number of hydrogen-bond donors (Lipinski definition) is 0. The zero-order valence-electron chi connectivity index (χ0n) is 7.83. The fourth-order valence-electron chi connectivity index (χ4n) is 1.09. The SMILES string of the molecule is COC(=O)c1cc(Cl)c(C)cc1C=O. The molecule has 0 fully saturated rings. The molecule has 0 bridgehead atoms. The summed E-state index contributed by atoms with van der Waals surface area (Å²) >= 11 is 5.82. The van der Waals surface area contributed by atoms with E-state index >= 15 is 0 Å². The number of benzene rings is 1. The van der Waals surface area contributed by atoms with E-state index in [1.54, 1.807) is 13.0 Å². The maximum atomic E-state index is 11.2. The smallest absolute Gasteiger partial charge is 0.338 e. The second-order valence-corrected chi connectivity index (χ2v) is 3.21. The van der Waals surface area contributed by atoms with Gasteiger partial charge >= 0.3 is 5.97 Å². The van der Waals surface area contributed by atoms with Crippen LogP contribution in [0, 0.1) is 6.92 Å². The Morgan fingerprint density at radius 1 is 1.50 bits per heavy atom. The average Bonchev–Trinajstić information content (AvgIpc) is 2.20. The topological polar surface area (TPSA) is 43.4 Å². The molecule has 0 aromatic heterocycles. The highest BCUT2D eigenvalue weighted by Gasteiger charge is 2.13. The van der Waals surface area contributed by atoms with Gasteiger partial charge in [0.15, 0.2) is 6.29 Å². The lowest BCUT2D eigenvalue weighted by Gasteiger charge is -2.05. The van der Waals surface area contributed by atoms with Crippen LogP contribution in [0.2, 0.25) is 5.02 Å². The Morgan fingerprint density at radius 3 is 2.64 bits per heavy atom. The van der Waals surface area contributed by atoms with Crippen LogP contribution in [-0.2, 0) is 4.74 Å². The van der Waals surface area contributed by atoms with Crippen molar-refractivity contribution < 1.29 is 14.3 Å². The summed E-state index contributed by atoms with van der Waals surface area (Å²) in [5.74, 6) is -0.561. The molecule has 0 radical (unpaired) electrons. The van der Waals surface area contributed by atoms with Crippen LogP contribution >= 0.6 is 11.6 Å². The van der Waals surface area contributed by atoms with Crippen molar-refractivity contribution in [3.63, 3.8) is 0 Å². The summed E-state index contributed by atoms with van der Waals surface area (Å²) in [6.45, 7) is 1.76. The van der Waals surface area contributed by atoms with E-state index in [4.69, 9.17) is 11.6 Å². The van der Waals surface area contributed by atoms with E-state index in [0.717, 1.165) is 5.56 Å². The zero-order chi connectivity index (χ0) is 10.7. The third-order valence-corrected chi connectivity index (χ3v) is 2.27. The van der Waals surface area contributed by atoms with E-state index in [0.29, 0.717) is 16.9 Å². The molecule has 0 aliphatic carbocycles. The number of methoxy groups -OCH3 is 1. The molecular weight excluding hydrogens is 204 g/mol. The van der Waals surface area contributed by atoms with Crippen molar-refractivity contribution in [2.75, 3.05) is 7.11 Å². The summed E-state index contributed by atoms with van der Waals surface area (Å²) < 4.78 is 4.52. The largest absolute Gasteiger partial charge is 0.465 e.